The number of imidazole rings is 1. The molecule has 4 aromatic heterocycles. The van der Waals surface area contributed by atoms with Gasteiger partial charge in [-0.05, 0) is 67.1 Å². The molecule has 0 fully saturated rings. The van der Waals surface area contributed by atoms with E-state index < -0.39 is 0 Å². The van der Waals surface area contributed by atoms with Crippen molar-refractivity contribution in [3.8, 4) is 11.3 Å². The number of thiophene rings is 1. The largest absolute Gasteiger partial charge is 0.297 e. The van der Waals surface area contributed by atoms with Gasteiger partial charge in [0.15, 0.2) is 5.52 Å². The highest BCUT2D eigenvalue weighted by Gasteiger charge is 2.33. The molecule has 0 saturated heterocycles. The normalized spacial score (nSPS) is 12.8. The highest BCUT2D eigenvalue weighted by Crippen LogP contribution is 2.36. The summed E-state index contributed by atoms with van der Waals surface area (Å²) in [7, 11) is 0. The van der Waals surface area contributed by atoms with Gasteiger partial charge in [-0.15, -0.1) is 0 Å². The summed E-state index contributed by atoms with van der Waals surface area (Å²) in [4.78, 5) is 0. The van der Waals surface area contributed by atoms with E-state index in [0.29, 0.717) is 0 Å². The van der Waals surface area contributed by atoms with E-state index in [4.69, 9.17) is 0 Å². The van der Waals surface area contributed by atoms with Gasteiger partial charge in [0.2, 0.25) is 5.65 Å². The zero-order valence-corrected chi connectivity index (χ0v) is 20.7. The Morgan fingerprint density at radius 3 is 2.50 bits per heavy atom. The summed E-state index contributed by atoms with van der Waals surface area (Å²) in [5.41, 5.74) is 6.29. The molecular weight excluding hydrogens is 410 g/mol. The van der Waals surface area contributed by atoms with E-state index in [0.717, 1.165) is 12.2 Å². The quantitative estimate of drug-likeness (QED) is 0.286. The second kappa shape index (κ2) is 7.35. The van der Waals surface area contributed by atoms with Crippen LogP contribution in [0.4, 0.5) is 5.82 Å². The number of rotatable bonds is 4. The van der Waals surface area contributed by atoms with Gasteiger partial charge in [0.25, 0.3) is 5.82 Å². The van der Waals surface area contributed by atoms with E-state index in [9.17, 15) is 0 Å². The molecule has 4 heterocycles. The predicted octanol–water partition coefficient (Wildman–Crippen LogP) is 7.49. The molecule has 0 saturated carbocycles. The minimum Gasteiger partial charge on any atom is -0.297 e. The highest BCUT2D eigenvalue weighted by atomic mass is 32.1. The lowest BCUT2D eigenvalue weighted by molar-refractivity contribution is -0.495. The molecule has 0 radical (unpaired) electrons. The fraction of sp³-hybridized carbons (Fsp3) is 0.321. The lowest BCUT2D eigenvalue weighted by Gasteiger charge is -2.31. The number of hydrogen-bond donors (Lipinski definition) is 1. The van der Waals surface area contributed by atoms with Gasteiger partial charge in [-0.25, -0.2) is 8.80 Å². The molecule has 0 atom stereocenters. The molecule has 0 spiro atoms. The standard InChI is InChI=1S/C28H32N3S/c1-19-11-12-24-30(16-19)26(29-28(5,6)18-27(2,3)4)25-22-10-8-7-9-20(22)15-23(31(24)25)21-13-14-32-17-21/h7-17,29H,18H2,1-6H3/q+1. The van der Waals surface area contributed by atoms with Crippen LogP contribution in [0.15, 0.2) is 65.5 Å². The maximum atomic E-state index is 3.98. The molecule has 4 heteroatoms. The smallest absolute Gasteiger partial charge is 0.267 e. The Morgan fingerprint density at radius 2 is 1.78 bits per heavy atom. The van der Waals surface area contributed by atoms with Gasteiger partial charge in [0.1, 0.15) is 5.69 Å². The minimum absolute atomic E-state index is 0.0662. The van der Waals surface area contributed by atoms with Crippen LogP contribution in [-0.2, 0) is 0 Å². The number of nitrogens with zero attached hydrogens (tertiary/aromatic N) is 2. The maximum absolute atomic E-state index is 3.98. The van der Waals surface area contributed by atoms with Gasteiger partial charge in [-0.3, -0.25) is 5.32 Å². The average molecular weight is 443 g/mol. The number of hydrogen-bond acceptors (Lipinski definition) is 2. The lowest BCUT2D eigenvalue weighted by Crippen LogP contribution is -2.39. The molecule has 164 valence electrons. The fourth-order valence-electron chi connectivity index (χ4n) is 5.27. The van der Waals surface area contributed by atoms with Crippen molar-refractivity contribution in [2.24, 2.45) is 5.41 Å². The molecule has 5 rings (SSSR count). The van der Waals surface area contributed by atoms with Crippen LogP contribution < -0.4 is 9.72 Å². The summed E-state index contributed by atoms with van der Waals surface area (Å²) >= 11 is 1.74. The van der Waals surface area contributed by atoms with Crippen LogP contribution in [0.1, 0.15) is 46.6 Å². The molecule has 0 aliphatic rings. The summed E-state index contributed by atoms with van der Waals surface area (Å²) in [5.74, 6) is 1.16. The van der Waals surface area contributed by atoms with Crippen LogP contribution in [0.2, 0.25) is 0 Å². The molecule has 1 aromatic carbocycles. The predicted molar refractivity (Wildman–Crippen MR) is 138 cm³/mol. The second-order valence-electron chi connectivity index (χ2n) is 10.8. The summed E-state index contributed by atoms with van der Waals surface area (Å²) in [6.45, 7) is 13.7. The minimum atomic E-state index is -0.0662. The number of fused-ring (bicyclic) bond motifs is 5. The van der Waals surface area contributed by atoms with E-state index in [1.807, 2.05) is 0 Å². The van der Waals surface area contributed by atoms with E-state index in [2.05, 4.69) is 121 Å². The van der Waals surface area contributed by atoms with Gasteiger partial charge in [0, 0.05) is 22.4 Å². The van der Waals surface area contributed by atoms with Crippen molar-refractivity contribution >= 4 is 39.1 Å². The zero-order chi connectivity index (χ0) is 22.7. The number of pyridine rings is 2. The van der Waals surface area contributed by atoms with E-state index in [-0.39, 0.29) is 11.0 Å². The third-order valence-electron chi connectivity index (χ3n) is 5.99. The third-order valence-corrected chi connectivity index (χ3v) is 6.67. The van der Waals surface area contributed by atoms with Crippen molar-refractivity contribution in [2.45, 2.75) is 53.5 Å². The average Bonchev–Trinajstić information content (AvgIpc) is 3.33. The van der Waals surface area contributed by atoms with Crippen molar-refractivity contribution in [3.05, 3.63) is 71.1 Å². The van der Waals surface area contributed by atoms with Crippen LogP contribution >= 0.6 is 11.3 Å². The number of aryl methyl sites for hydroxylation is 1. The van der Waals surface area contributed by atoms with Crippen LogP contribution in [0.5, 0.6) is 0 Å². The Kier molecular flexibility index (Phi) is 4.82. The van der Waals surface area contributed by atoms with Crippen molar-refractivity contribution < 1.29 is 4.40 Å². The topological polar surface area (TPSA) is 20.5 Å². The van der Waals surface area contributed by atoms with Crippen molar-refractivity contribution in [3.63, 3.8) is 0 Å². The van der Waals surface area contributed by atoms with Crippen molar-refractivity contribution in [1.29, 1.82) is 0 Å². The van der Waals surface area contributed by atoms with E-state index in [1.165, 1.54) is 38.8 Å². The number of aromatic nitrogens is 2. The first-order chi connectivity index (χ1) is 15.1. The molecule has 3 nitrogen and oxygen atoms in total. The Morgan fingerprint density at radius 1 is 1.00 bits per heavy atom. The van der Waals surface area contributed by atoms with E-state index >= 15 is 0 Å². The Hall–Kier alpha value is -2.85. The first-order valence-electron chi connectivity index (χ1n) is 11.3. The number of nitrogens with one attached hydrogen (secondary N) is 1. The summed E-state index contributed by atoms with van der Waals surface area (Å²) in [6, 6.07) is 17.7. The monoisotopic (exact) mass is 442 g/mol. The fourth-order valence-corrected chi connectivity index (χ4v) is 5.92. The Labute approximate surface area is 194 Å². The van der Waals surface area contributed by atoms with Crippen molar-refractivity contribution in [1.82, 2.24) is 4.40 Å². The summed E-state index contributed by atoms with van der Waals surface area (Å²) in [6.07, 6.45) is 3.32. The molecule has 1 N–H and O–H groups in total. The third kappa shape index (κ3) is 3.67. The molecule has 5 aromatic rings. The molecule has 0 unspecified atom stereocenters. The van der Waals surface area contributed by atoms with Crippen LogP contribution in [0, 0.1) is 12.3 Å². The first-order valence-corrected chi connectivity index (χ1v) is 12.3. The zero-order valence-electron chi connectivity index (χ0n) is 19.9. The molecule has 0 aliphatic heterocycles. The van der Waals surface area contributed by atoms with Crippen LogP contribution in [0.25, 0.3) is 33.2 Å². The molecule has 32 heavy (non-hydrogen) atoms. The van der Waals surface area contributed by atoms with Gasteiger partial charge in [-0.2, -0.15) is 11.3 Å². The molecular formula is C28H32N3S+. The highest BCUT2D eigenvalue weighted by molar-refractivity contribution is 7.08. The van der Waals surface area contributed by atoms with Crippen LogP contribution in [-0.4, -0.2) is 9.94 Å². The summed E-state index contributed by atoms with van der Waals surface area (Å²) in [5, 5.41) is 10.9. The SMILES string of the molecule is Cc1ccc2n3c(-c4ccsc4)cc4ccccc4c3c(NC(C)(C)CC(C)(C)C)[n+]2c1. The first kappa shape index (κ1) is 21.0. The maximum Gasteiger partial charge on any atom is 0.267 e. The molecule has 0 aliphatic carbocycles. The Balaban J connectivity index is 1.91. The van der Waals surface area contributed by atoms with Crippen LogP contribution in [0.3, 0.4) is 0 Å². The number of benzene rings is 1. The van der Waals surface area contributed by atoms with Gasteiger partial charge in [-0.1, -0.05) is 45.0 Å². The second-order valence-corrected chi connectivity index (χ2v) is 11.6. The molecule has 0 amide bonds. The number of anilines is 1. The van der Waals surface area contributed by atoms with Gasteiger partial charge < -0.3 is 0 Å². The van der Waals surface area contributed by atoms with Crippen molar-refractivity contribution in [2.75, 3.05) is 5.32 Å². The van der Waals surface area contributed by atoms with E-state index in [1.54, 1.807) is 11.3 Å². The lowest BCUT2D eigenvalue weighted by atomic mass is 9.82. The molecule has 0 bridgehead atoms. The van der Waals surface area contributed by atoms with Gasteiger partial charge >= 0.3 is 0 Å². The van der Waals surface area contributed by atoms with Gasteiger partial charge in [0.05, 0.1) is 11.7 Å². The summed E-state index contributed by atoms with van der Waals surface area (Å²) < 4.78 is 4.77. The Bertz CT molecular complexity index is 1430.